The summed E-state index contributed by atoms with van der Waals surface area (Å²) in [5.41, 5.74) is 1.65. The molecule has 1 unspecified atom stereocenters. The van der Waals surface area contributed by atoms with Gasteiger partial charge >= 0.3 is 12.0 Å². The van der Waals surface area contributed by atoms with Gasteiger partial charge in [0.05, 0.1) is 75.7 Å². The van der Waals surface area contributed by atoms with Gasteiger partial charge in [0.1, 0.15) is 0 Å². The van der Waals surface area contributed by atoms with E-state index in [1.54, 1.807) is 12.1 Å². The third-order valence-corrected chi connectivity index (χ3v) is 8.70. The minimum atomic E-state index is -0.811. The van der Waals surface area contributed by atoms with Crippen molar-refractivity contribution in [1.29, 1.82) is 0 Å². The fourth-order valence-corrected chi connectivity index (χ4v) is 5.85. The number of quaternary nitrogens is 1. The fraction of sp³-hybridized carbons (Fsp3) is 0.533. The molecule has 11 heteroatoms. The molecule has 0 aromatic heterocycles. The summed E-state index contributed by atoms with van der Waals surface area (Å²) in [7, 11) is 4.56. The highest BCUT2D eigenvalue weighted by molar-refractivity contribution is 6.42. The van der Waals surface area contributed by atoms with Gasteiger partial charge < -0.3 is 34.4 Å². The van der Waals surface area contributed by atoms with E-state index in [1.165, 1.54) is 21.3 Å². The van der Waals surface area contributed by atoms with Crippen molar-refractivity contribution in [3.63, 3.8) is 0 Å². The Morgan fingerprint density at radius 1 is 1.00 bits per heavy atom. The first kappa shape index (κ1) is 32.6. The predicted octanol–water partition coefficient (Wildman–Crippen LogP) is 6.11. The Balaban J connectivity index is 1.70. The third-order valence-electron chi connectivity index (χ3n) is 7.96. The quantitative estimate of drug-likeness (QED) is 0.236. The van der Waals surface area contributed by atoms with E-state index < -0.39 is 5.97 Å². The topological polar surface area (TPSA) is 106 Å². The Morgan fingerprint density at radius 2 is 1.63 bits per heavy atom. The second kappa shape index (κ2) is 14.8. The lowest BCUT2D eigenvalue weighted by molar-refractivity contribution is -0.934. The lowest BCUT2D eigenvalue weighted by Gasteiger charge is -2.46. The summed E-state index contributed by atoms with van der Waals surface area (Å²) in [6.45, 7) is 6.99. The number of likely N-dealkylation sites (tertiary alicyclic amines) is 1. The van der Waals surface area contributed by atoms with Gasteiger partial charge in [-0.3, -0.25) is 4.79 Å². The van der Waals surface area contributed by atoms with Gasteiger partial charge in [-0.1, -0.05) is 43.1 Å². The highest BCUT2D eigenvalue weighted by Gasteiger charge is 2.37. The van der Waals surface area contributed by atoms with E-state index in [1.807, 2.05) is 18.2 Å². The number of carbonyl (C=O) groups excluding carboxylic acids is 1. The summed E-state index contributed by atoms with van der Waals surface area (Å²) in [6, 6.07) is 8.59. The SMILES string of the molecule is COc1cc(NC(=O)NC(C[N+]2(CCC(=O)O)CCC(Cc3ccc(Cl)c(Cl)c3)CC2)C(C)C)cc(OC)c1OC. The summed E-state index contributed by atoms with van der Waals surface area (Å²) in [5, 5.41) is 16.6. The van der Waals surface area contributed by atoms with Crippen LogP contribution in [0.1, 0.15) is 38.7 Å². The molecule has 0 saturated carbocycles. The molecule has 1 aliphatic heterocycles. The first-order valence-corrected chi connectivity index (χ1v) is 14.6. The molecule has 0 aliphatic carbocycles. The summed E-state index contributed by atoms with van der Waals surface area (Å²) >= 11 is 12.3. The van der Waals surface area contributed by atoms with Crippen LogP contribution in [0.15, 0.2) is 30.3 Å². The smallest absolute Gasteiger partial charge is 0.319 e. The zero-order chi connectivity index (χ0) is 30.2. The molecule has 0 spiro atoms. The number of piperidine rings is 1. The van der Waals surface area contributed by atoms with Crippen molar-refractivity contribution in [3.05, 3.63) is 45.9 Å². The number of methoxy groups -OCH3 is 3. The van der Waals surface area contributed by atoms with Crippen LogP contribution < -0.4 is 24.8 Å². The van der Waals surface area contributed by atoms with Gasteiger partial charge in [0, 0.05) is 12.1 Å². The first-order chi connectivity index (χ1) is 19.5. The molecular formula is C30H42Cl2N3O6+. The average molecular weight is 612 g/mol. The number of carboxylic acid groups (broad SMARTS) is 1. The van der Waals surface area contributed by atoms with Crippen molar-refractivity contribution in [2.75, 3.05) is 52.8 Å². The zero-order valence-electron chi connectivity index (χ0n) is 24.5. The third kappa shape index (κ3) is 9.05. The molecule has 2 amide bonds. The van der Waals surface area contributed by atoms with E-state index in [-0.39, 0.29) is 24.4 Å². The summed E-state index contributed by atoms with van der Waals surface area (Å²) in [4.78, 5) is 24.7. The number of benzene rings is 2. The minimum absolute atomic E-state index is 0.0832. The van der Waals surface area contributed by atoms with E-state index >= 15 is 0 Å². The van der Waals surface area contributed by atoms with Crippen LogP contribution in [0, 0.1) is 11.8 Å². The second-order valence-corrected chi connectivity index (χ2v) is 11.9. The lowest BCUT2D eigenvalue weighted by atomic mass is 9.88. The number of halogens is 2. The number of rotatable bonds is 13. The number of aliphatic carboxylic acids is 1. The molecule has 2 aromatic carbocycles. The van der Waals surface area contributed by atoms with Crippen molar-refractivity contribution in [3.8, 4) is 17.2 Å². The Hall–Kier alpha value is -2.88. The molecule has 3 rings (SSSR count). The number of hydrogen-bond acceptors (Lipinski definition) is 5. The number of nitrogens with one attached hydrogen (secondary N) is 2. The zero-order valence-corrected chi connectivity index (χ0v) is 26.0. The molecule has 3 N–H and O–H groups in total. The van der Waals surface area contributed by atoms with Crippen LogP contribution in [0.25, 0.3) is 0 Å². The van der Waals surface area contributed by atoms with Crippen LogP contribution in [0.3, 0.4) is 0 Å². The van der Waals surface area contributed by atoms with Crippen LogP contribution >= 0.6 is 23.2 Å². The van der Waals surface area contributed by atoms with Gasteiger partial charge in [-0.25, -0.2) is 4.79 Å². The summed E-state index contributed by atoms with van der Waals surface area (Å²) in [6.07, 6.45) is 2.91. The second-order valence-electron chi connectivity index (χ2n) is 11.1. The molecule has 226 valence electrons. The molecule has 1 saturated heterocycles. The number of anilines is 1. The van der Waals surface area contributed by atoms with E-state index in [0.29, 0.717) is 56.5 Å². The standard InChI is InChI=1S/C30H41Cl2N3O6/c1-19(2)25(34-30(38)33-22-16-26(39-3)29(41-5)27(17-22)40-4)18-35(13-10-28(36)37)11-8-20(9-12-35)14-21-6-7-23(31)24(32)15-21/h6-7,15-17,19-20,25H,8-14,18H2,1-5H3,(H2-,33,34,36,37,38)/p+1. The highest BCUT2D eigenvalue weighted by Crippen LogP contribution is 2.40. The van der Waals surface area contributed by atoms with E-state index in [0.717, 1.165) is 37.9 Å². The van der Waals surface area contributed by atoms with E-state index in [2.05, 4.69) is 24.5 Å². The molecule has 1 aliphatic rings. The van der Waals surface area contributed by atoms with Crippen LogP contribution in [0.5, 0.6) is 17.2 Å². The van der Waals surface area contributed by atoms with E-state index in [9.17, 15) is 14.7 Å². The maximum Gasteiger partial charge on any atom is 0.319 e. The Bertz CT molecular complexity index is 1180. The largest absolute Gasteiger partial charge is 0.493 e. The molecule has 41 heavy (non-hydrogen) atoms. The number of carboxylic acids is 1. The maximum absolute atomic E-state index is 13.1. The minimum Gasteiger partial charge on any atom is -0.493 e. The normalized spacial score (nSPS) is 19.4. The van der Waals surface area contributed by atoms with Gasteiger partial charge in [0.15, 0.2) is 11.5 Å². The van der Waals surface area contributed by atoms with E-state index in [4.69, 9.17) is 37.4 Å². The van der Waals surface area contributed by atoms with Gasteiger partial charge in [-0.15, -0.1) is 0 Å². The number of ether oxygens (including phenoxy) is 3. The Morgan fingerprint density at radius 3 is 2.15 bits per heavy atom. The van der Waals surface area contributed by atoms with Crippen molar-refractivity contribution in [2.24, 2.45) is 11.8 Å². The van der Waals surface area contributed by atoms with Crippen LogP contribution in [-0.4, -0.2) is 75.1 Å². The van der Waals surface area contributed by atoms with Crippen LogP contribution in [-0.2, 0) is 11.2 Å². The Labute approximate surface area is 252 Å². The molecule has 1 fully saturated rings. The van der Waals surface area contributed by atoms with Gasteiger partial charge in [0.2, 0.25) is 5.75 Å². The molecule has 1 atom stereocenters. The number of urea groups is 1. The molecule has 0 radical (unpaired) electrons. The molecule has 9 nitrogen and oxygen atoms in total. The van der Waals surface area contributed by atoms with Crippen molar-refractivity contribution in [1.82, 2.24) is 5.32 Å². The fourth-order valence-electron chi connectivity index (χ4n) is 5.53. The van der Waals surface area contributed by atoms with Crippen LogP contribution in [0.2, 0.25) is 10.0 Å². The molecule has 0 bridgehead atoms. The average Bonchev–Trinajstić information content (AvgIpc) is 2.94. The predicted molar refractivity (Wildman–Crippen MR) is 162 cm³/mol. The molecular weight excluding hydrogens is 569 g/mol. The highest BCUT2D eigenvalue weighted by atomic mass is 35.5. The Kier molecular flexibility index (Phi) is 11.8. The number of amides is 2. The lowest BCUT2D eigenvalue weighted by Crippen LogP contribution is -2.61. The summed E-state index contributed by atoms with van der Waals surface area (Å²) < 4.78 is 16.8. The first-order valence-electron chi connectivity index (χ1n) is 13.9. The van der Waals surface area contributed by atoms with Crippen molar-refractivity contribution >= 4 is 40.9 Å². The number of hydrogen-bond donors (Lipinski definition) is 3. The van der Waals surface area contributed by atoms with Crippen molar-refractivity contribution in [2.45, 2.75) is 45.6 Å². The van der Waals surface area contributed by atoms with Gasteiger partial charge in [-0.05, 0) is 48.8 Å². The molecule has 2 aromatic rings. The number of carbonyl (C=O) groups is 2. The summed E-state index contributed by atoms with van der Waals surface area (Å²) in [5.74, 6) is 1.10. The molecule has 1 heterocycles. The van der Waals surface area contributed by atoms with Gasteiger partial charge in [0.25, 0.3) is 0 Å². The van der Waals surface area contributed by atoms with Crippen LogP contribution in [0.4, 0.5) is 10.5 Å². The number of nitrogens with zero attached hydrogens (tertiary/aromatic N) is 1. The monoisotopic (exact) mass is 610 g/mol. The van der Waals surface area contributed by atoms with Crippen molar-refractivity contribution < 1.29 is 33.4 Å². The van der Waals surface area contributed by atoms with Gasteiger partial charge in [-0.2, -0.15) is 0 Å². The maximum atomic E-state index is 13.1.